The molecule has 2 N–H and O–H groups in total. The monoisotopic (exact) mass is 215 g/mol. The number of amides is 1. The molecule has 0 aliphatic heterocycles. The third kappa shape index (κ3) is 2.49. The van der Waals surface area contributed by atoms with Crippen molar-refractivity contribution in [3.8, 4) is 0 Å². The maximum absolute atomic E-state index is 12.9. The normalized spacial score (nSPS) is 9.80. The number of carbonyl (C=O) groups is 2. The van der Waals surface area contributed by atoms with Crippen LogP contribution in [0.2, 0.25) is 0 Å². The smallest absolute Gasteiger partial charge is 0.338 e. The van der Waals surface area contributed by atoms with Gasteiger partial charge in [0.25, 0.3) is 0 Å². The van der Waals surface area contributed by atoms with Gasteiger partial charge in [0.2, 0.25) is 5.91 Å². The molecule has 1 amide bonds. The number of nitrogens with one attached hydrogen (secondary N) is 1. The van der Waals surface area contributed by atoms with Crippen LogP contribution in [-0.4, -0.2) is 17.0 Å². The van der Waals surface area contributed by atoms with E-state index < -0.39 is 29.1 Å². The second-order valence-corrected chi connectivity index (χ2v) is 2.81. The molecule has 0 saturated heterocycles. The molecule has 1 aromatic carbocycles. The molecule has 1 rings (SSSR count). The molecule has 6 heteroatoms. The summed E-state index contributed by atoms with van der Waals surface area (Å²) in [6, 6.07) is 1.56. The van der Waals surface area contributed by atoms with Gasteiger partial charge in [-0.3, -0.25) is 4.79 Å². The molecule has 0 saturated carbocycles. The van der Waals surface area contributed by atoms with Crippen molar-refractivity contribution in [2.24, 2.45) is 0 Å². The van der Waals surface area contributed by atoms with Crippen molar-refractivity contribution in [3.05, 3.63) is 29.3 Å². The molecule has 0 unspecified atom stereocenters. The first-order chi connectivity index (χ1) is 6.91. The third-order valence-electron chi connectivity index (χ3n) is 1.58. The number of aromatic carboxylic acids is 1. The van der Waals surface area contributed by atoms with E-state index in [9.17, 15) is 18.4 Å². The van der Waals surface area contributed by atoms with Crippen molar-refractivity contribution in [3.63, 3.8) is 0 Å². The van der Waals surface area contributed by atoms with Crippen molar-refractivity contribution in [2.75, 3.05) is 5.32 Å². The molecule has 0 atom stereocenters. The molecule has 0 aromatic heterocycles. The van der Waals surface area contributed by atoms with Gasteiger partial charge in [-0.05, 0) is 6.07 Å². The summed E-state index contributed by atoms with van der Waals surface area (Å²) < 4.78 is 25.8. The van der Waals surface area contributed by atoms with Gasteiger partial charge in [-0.15, -0.1) is 0 Å². The lowest BCUT2D eigenvalue weighted by Crippen LogP contribution is -2.09. The van der Waals surface area contributed by atoms with E-state index in [0.29, 0.717) is 6.07 Å². The Balaban J connectivity index is 3.23. The minimum absolute atomic E-state index is 0.0983. The summed E-state index contributed by atoms with van der Waals surface area (Å²) in [5.74, 6) is -4.87. The Morgan fingerprint density at radius 2 is 1.93 bits per heavy atom. The second kappa shape index (κ2) is 4.04. The Morgan fingerprint density at radius 1 is 1.33 bits per heavy atom. The zero-order valence-corrected chi connectivity index (χ0v) is 7.67. The lowest BCUT2D eigenvalue weighted by molar-refractivity contribution is -0.114. The predicted molar refractivity (Wildman–Crippen MR) is 47.6 cm³/mol. The van der Waals surface area contributed by atoms with Crippen LogP contribution in [0.25, 0.3) is 0 Å². The summed E-state index contributed by atoms with van der Waals surface area (Å²) in [6.07, 6.45) is 0. The third-order valence-corrected chi connectivity index (χ3v) is 1.58. The standard InChI is InChI=1S/C9H7F2NO3/c1-4(13)12-5-2-6(9(14)15)8(11)7(10)3-5/h2-3H,1H3,(H,12,13)(H,14,15). The number of anilines is 1. The zero-order chi connectivity index (χ0) is 11.6. The molecule has 0 aliphatic rings. The number of rotatable bonds is 2. The number of hydrogen-bond donors (Lipinski definition) is 2. The summed E-state index contributed by atoms with van der Waals surface area (Å²) in [7, 11) is 0. The van der Waals surface area contributed by atoms with Crippen molar-refractivity contribution < 1.29 is 23.5 Å². The quantitative estimate of drug-likeness (QED) is 0.787. The van der Waals surface area contributed by atoms with Crippen molar-refractivity contribution in [1.82, 2.24) is 0 Å². The SMILES string of the molecule is CC(=O)Nc1cc(F)c(F)c(C(=O)O)c1. The van der Waals surface area contributed by atoms with Gasteiger partial charge in [-0.1, -0.05) is 0 Å². The summed E-state index contributed by atoms with van der Waals surface area (Å²) in [5.41, 5.74) is -0.919. The van der Waals surface area contributed by atoms with E-state index in [2.05, 4.69) is 5.32 Å². The number of carboxylic acids is 1. The number of halogens is 2. The summed E-state index contributed by atoms with van der Waals surface area (Å²) in [6.45, 7) is 1.17. The van der Waals surface area contributed by atoms with Crippen molar-refractivity contribution in [1.29, 1.82) is 0 Å². The van der Waals surface area contributed by atoms with E-state index in [1.54, 1.807) is 0 Å². The van der Waals surface area contributed by atoms with Crippen LogP contribution in [0, 0.1) is 11.6 Å². The van der Waals surface area contributed by atoms with E-state index in [-0.39, 0.29) is 5.69 Å². The molecule has 0 radical (unpaired) electrons. The number of carboxylic acid groups (broad SMARTS) is 1. The Labute approximate surface area is 83.5 Å². The van der Waals surface area contributed by atoms with Crippen LogP contribution in [0.5, 0.6) is 0 Å². The fourth-order valence-electron chi connectivity index (χ4n) is 1.02. The Hall–Kier alpha value is -1.98. The molecular formula is C9H7F2NO3. The highest BCUT2D eigenvalue weighted by Gasteiger charge is 2.16. The van der Waals surface area contributed by atoms with Gasteiger partial charge in [0.15, 0.2) is 11.6 Å². The lowest BCUT2D eigenvalue weighted by atomic mass is 10.2. The van der Waals surface area contributed by atoms with Crippen LogP contribution >= 0.6 is 0 Å². The molecule has 1 aromatic rings. The van der Waals surface area contributed by atoms with E-state index >= 15 is 0 Å². The summed E-state index contributed by atoms with van der Waals surface area (Å²) in [4.78, 5) is 21.1. The largest absolute Gasteiger partial charge is 0.478 e. The lowest BCUT2D eigenvalue weighted by Gasteiger charge is -2.05. The predicted octanol–water partition coefficient (Wildman–Crippen LogP) is 1.62. The zero-order valence-electron chi connectivity index (χ0n) is 7.67. The average molecular weight is 215 g/mol. The van der Waals surface area contributed by atoms with E-state index in [1.165, 1.54) is 6.92 Å². The fourth-order valence-corrected chi connectivity index (χ4v) is 1.02. The average Bonchev–Trinajstić information content (AvgIpc) is 2.09. The first-order valence-electron chi connectivity index (χ1n) is 3.91. The minimum atomic E-state index is -1.60. The van der Waals surface area contributed by atoms with E-state index in [0.717, 1.165) is 6.07 Å². The van der Waals surface area contributed by atoms with Gasteiger partial charge >= 0.3 is 5.97 Å². The van der Waals surface area contributed by atoms with Crippen LogP contribution in [0.1, 0.15) is 17.3 Å². The highest BCUT2D eigenvalue weighted by atomic mass is 19.2. The molecule has 0 aliphatic carbocycles. The van der Waals surface area contributed by atoms with E-state index in [4.69, 9.17) is 5.11 Å². The number of benzene rings is 1. The van der Waals surface area contributed by atoms with Gasteiger partial charge in [0, 0.05) is 18.7 Å². The highest BCUT2D eigenvalue weighted by molar-refractivity contribution is 5.93. The molecule has 0 spiro atoms. The topological polar surface area (TPSA) is 66.4 Å². The van der Waals surface area contributed by atoms with Gasteiger partial charge in [0.05, 0.1) is 0 Å². The van der Waals surface area contributed by atoms with E-state index in [1.807, 2.05) is 0 Å². The van der Waals surface area contributed by atoms with Crippen LogP contribution < -0.4 is 5.32 Å². The van der Waals surface area contributed by atoms with Crippen LogP contribution in [0.3, 0.4) is 0 Å². The maximum Gasteiger partial charge on any atom is 0.338 e. The minimum Gasteiger partial charge on any atom is -0.478 e. The number of hydrogen-bond acceptors (Lipinski definition) is 2. The Kier molecular flexibility index (Phi) is 2.99. The molecule has 80 valence electrons. The second-order valence-electron chi connectivity index (χ2n) is 2.81. The van der Waals surface area contributed by atoms with Crippen molar-refractivity contribution >= 4 is 17.6 Å². The molecule has 15 heavy (non-hydrogen) atoms. The Morgan fingerprint density at radius 3 is 2.40 bits per heavy atom. The summed E-state index contributed by atoms with van der Waals surface area (Å²) >= 11 is 0. The fraction of sp³-hybridized carbons (Fsp3) is 0.111. The van der Waals surface area contributed by atoms with Crippen LogP contribution in [0.15, 0.2) is 12.1 Å². The molecule has 0 heterocycles. The summed E-state index contributed by atoms with van der Waals surface area (Å²) in [5, 5.41) is 10.7. The first kappa shape index (κ1) is 11.1. The number of carbonyl (C=O) groups excluding carboxylic acids is 1. The molecule has 0 bridgehead atoms. The van der Waals surface area contributed by atoms with Gasteiger partial charge < -0.3 is 10.4 Å². The maximum atomic E-state index is 12.9. The first-order valence-corrected chi connectivity index (χ1v) is 3.91. The van der Waals surface area contributed by atoms with Gasteiger partial charge in [-0.25, -0.2) is 13.6 Å². The van der Waals surface area contributed by atoms with Gasteiger partial charge in [0.1, 0.15) is 5.56 Å². The van der Waals surface area contributed by atoms with Crippen LogP contribution in [-0.2, 0) is 4.79 Å². The molecule has 4 nitrogen and oxygen atoms in total. The van der Waals surface area contributed by atoms with Gasteiger partial charge in [-0.2, -0.15) is 0 Å². The molecular weight excluding hydrogens is 208 g/mol. The highest BCUT2D eigenvalue weighted by Crippen LogP contribution is 2.18. The molecule has 0 fully saturated rings. The van der Waals surface area contributed by atoms with Crippen molar-refractivity contribution in [2.45, 2.75) is 6.92 Å². The Bertz CT molecular complexity index is 432. The van der Waals surface area contributed by atoms with Crippen LogP contribution in [0.4, 0.5) is 14.5 Å².